The van der Waals surface area contributed by atoms with Gasteiger partial charge in [0.05, 0.1) is 21.6 Å². The van der Waals surface area contributed by atoms with E-state index < -0.39 is 12.0 Å². The molecule has 3 heterocycles. The highest BCUT2D eigenvalue weighted by Crippen LogP contribution is 2.32. The Labute approximate surface area is 149 Å². The largest absolute Gasteiger partial charge is 0.449 e. The fraction of sp³-hybridized carbons (Fsp3) is 0.118. The molecule has 0 saturated heterocycles. The quantitative estimate of drug-likeness (QED) is 0.560. The smallest absolute Gasteiger partial charge is 0.334 e. The van der Waals surface area contributed by atoms with Gasteiger partial charge in [-0.05, 0) is 30.5 Å². The van der Waals surface area contributed by atoms with E-state index in [1.807, 2.05) is 0 Å². The molecule has 0 atom stereocenters. The van der Waals surface area contributed by atoms with Gasteiger partial charge >= 0.3 is 6.18 Å². The van der Waals surface area contributed by atoms with E-state index in [1.54, 1.807) is 42.6 Å². The minimum absolute atomic E-state index is 0.160. The van der Waals surface area contributed by atoms with Gasteiger partial charge in [-0.25, -0.2) is 4.98 Å². The Hall–Kier alpha value is -2.94. The molecule has 0 unspecified atom stereocenters. The van der Waals surface area contributed by atoms with Crippen molar-refractivity contribution in [3.05, 3.63) is 58.2 Å². The number of hydrogen-bond donors (Lipinski definition) is 1. The minimum atomic E-state index is -4.57. The van der Waals surface area contributed by atoms with Gasteiger partial charge in [0.1, 0.15) is 0 Å². The van der Waals surface area contributed by atoms with Gasteiger partial charge in [0.25, 0.3) is 5.91 Å². The number of thiophene rings is 1. The zero-order valence-corrected chi connectivity index (χ0v) is 14.1. The van der Waals surface area contributed by atoms with Crippen molar-refractivity contribution in [2.45, 2.75) is 13.1 Å². The van der Waals surface area contributed by atoms with E-state index >= 15 is 0 Å². The van der Waals surface area contributed by atoms with Gasteiger partial charge in [-0.2, -0.15) is 23.0 Å². The van der Waals surface area contributed by atoms with Gasteiger partial charge < -0.3 is 4.98 Å². The molecule has 132 valence electrons. The average Bonchev–Trinajstić information content (AvgIpc) is 3.32. The third-order valence-corrected chi connectivity index (χ3v) is 4.73. The zero-order chi connectivity index (χ0) is 18.5. The van der Waals surface area contributed by atoms with Crippen LogP contribution < -0.4 is 0 Å². The maximum absolute atomic E-state index is 12.9. The lowest BCUT2D eigenvalue weighted by Gasteiger charge is -2.00. The average molecular weight is 376 g/mol. The second-order valence-electron chi connectivity index (χ2n) is 5.65. The molecule has 1 N–H and O–H groups in total. The Bertz CT molecular complexity index is 1110. The first-order valence-electron chi connectivity index (χ1n) is 7.56. The van der Waals surface area contributed by atoms with E-state index in [9.17, 15) is 18.0 Å². The van der Waals surface area contributed by atoms with Crippen LogP contribution in [0.2, 0.25) is 0 Å². The SMILES string of the molecule is Cc1cc(-c2cccc3[nH]c(C(F)(F)F)nc23)nn1C(=O)c1cccs1. The van der Waals surface area contributed by atoms with Crippen molar-refractivity contribution < 1.29 is 18.0 Å². The van der Waals surface area contributed by atoms with Crippen LogP contribution in [0, 0.1) is 6.92 Å². The highest BCUT2D eigenvalue weighted by atomic mass is 32.1. The van der Waals surface area contributed by atoms with Crippen molar-refractivity contribution in [2.24, 2.45) is 0 Å². The number of hydrogen-bond acceptors (Lipinski definition) is 4. The number of rotatable bonds is 2. The summed E-state index contributed by atoms with van der Waals surface area (Å²) in [5.41, 5.74) is 1.81. The minimum Gasteiger partial charge on any atom is -0.334 e. The third kappa shape index (κ3) is 2.70. The fourth-order valence-corrected chi connectivity index (χ4v) is 3.34. The van der Waals surface area contributed by atoms with Crippen molar-refractivity contribution in [1.82, 2.24) is 19.7 Å². The van der Waals surface area contributed by atoms with Crippen LogP contribution >= 0.6 is 11.3 Å². The molecule has 0 aliphatic rings. The number of aromatic nitrogens is 4. The third-order valence-electron chi connectivity index (χ3n) is 3.87. The summed E-state index contributed by atoms with van der Waals surface area (Å²) in [5, 5.41) is 6.08. The van der Waals surface area contributed by atoms with Gasteiger partial charge in [0.2, 0.25) is 5.82 Å². The number of fused-ring (bicyclic) bond motifs is 1. The highest BCUT2D eigenvalue weighted by molar-refractivity contribution is 7.12. The molecule has 0 spiro atoms. The molecule has 0 aliphatic carbocycles. The van der Waals surface area contributed by atoms with Crippen molar-refractivity contribution >= 4 is 28.3 Å². The molecule has 9 heteroatoms. The van der Waals surface area contributed by atoms with Gasteiger partial charge in [-0.15, -0.1) is 11.3 Å². The number of benzene rings is 1. The Kier molecular flexibility index (Phi) is 3.69. The molecular formula is C17H11F3N4OS. The molecule has 4 rings (SSSR count). The number of nitrogens with one attached hydrogen (secondary N) is 1. The zero-order valence-electron chi connectivity index (χ0n) is 13.3. The standard InChI is InChI=1S/C17H11F3N4OS/c1-9-8-12(23-24(9)15(25)13-6-3-7-26-13)10-4-2-5-11-14(10)22-16(21-11)17(18,19)20/h2-8H,1H3,(H,21,22). The van der Waals surface area contributed by atoms with Crippen LogP contribution in [0.25, 0.3) is 22.3 Å². The Morgan fingerprint density at radius 3 is 2.73 bits per heavy atom. The number of aryl methyl sites for hydroxylation is 1. The number of alkyl halides is 3. The van der Waals surface area contributed by atoms with Crippen LogP contribution in [-0.2, 0) is 6.18 Å². The van der Waals surface area contributed by atoms with E-state index in [4.69, 9.17) is 0 Å². The van der Waals surface area contributed by atoms with Gasteiger partial charge in [-0.1, -0.05) is 18.2 Å². The normalized spacial score (nSPS) is 12.0. The molecule has 0 aliphatic heterocycles. The molecule has 0 amide bonds. The first kappa shape index (κ1) is 16.5. The molecule has 0 radical (unpaired) electrons. The summed E-state index contributed by atoms with van der Waals surface area (Å²) in [6.07, 6.45) is -4.57. The van der Waals surface area contributed by atoms with Gasteiger partial charge in [0, 0.05) is 11.3 Å². The van der Waals surface area contributed by atoms with E-state index in [0.29, 0.717) is 21.8 Å². The fourth-order valence-electron chi connectivity index (χ4n) is 2.69. The second kappa shape index (κ2) is 5.80. The van der Waals surface area contributed by atoms with Gasteiger partial charge in [-0.3, -0.25) is 4.79 Å². The van der Waals surface area contributed by atoms with Crippen LogP contribution in [0.3, 0.4) is 0 Å². The van der Waals surface area contributed by atoms with E-state index in [0.717, 1.165) is 0 Å². The monoisotopic (exact) mass is 376 g/mol. The van der Waals surface area contributed by atoms with Crippen LogP contribution in [0.15, 0.2) is 41.8 Å². The van der Waals surface area contributed by atoms with Crippen molar-refractivity contribution in [2.75, 3.05) is 0 Å². The molecule has 26 heavy (non-hydrogen) atoms. The van der Waals surface area contributed by atoms with Crippen molar-refractivity contribution in [3.8, 4) is 11.3 Å². The summed E-state index contributed by atoms with van der Waals surface area (Å²) in [6.45, 7) is 1.72. The number of aromatic amines is 1. The molecule has 0 bridgehead atoms. The van der Waals surface area contributed by atoms with Gasteiger partial charge in [0.15, 0.2) is 0 Å². The van der Waals surface area contributed by atoms with Crippen LogP contribution in [0.1, 0.15) is 21.2 Å². The molecule has 3 aromatic heterocycles. The first-order chi connectivity index (χ1) is 12.3. The molecule has 5 nitrogen and oxygen atoms in total. The highest BCUT2D eigenvalue weighted by Gasteiger charge is 2.35. The summed E-state index contributed by atoms with van der Waals surface area (Å²) < 4.78 is 40.1. The summed E-state index contributed by atoms with van der Waals surface area (Å²) in [7, 11) is 0. The number of para-hydroxylation sites is 1. The summed E-state index contributed by atoms with van der Waals surface area (Å²) >= 11 is 1.30. The number of carbonyl (C=O) groups is 1. The summed E-state index contributed by atoms with van der Waals surface area (Å²) in [6, 6.07) is 9.87. The topological polar surface area (TPSA) is 63.6 Å². The van der Waals surface area contributed by atoms with Crippen LogP contribution in [0.5, 0.6) is 0 Å². The van der Waals surface area contributed by atoms with E-state index in [2.05, 4.69) is 15.1 Å². The Morgan fingerprint density at radius 1 is 1.23 bits per heavy atom. The lowest BCUT2D eigenvalue weighted by molar-refractivity contribution is -0.144. The second-order valence-corrected chi connectivity index (χ2v) is 6.60. The maximum atomic E-state index is 12.9. The van der Waals surface area contributed by atoms with Crippen molar-refractivity contribution in [3.63, 3.8) is 0 Å². The number of H-pyrrole nitrogens is 1. The lowest BCUT2D eigenvalue weighted by Crippen LogP contribution is -2.13. The van der Waals surface area contributed by atoms with Crippen molar-refractivity contribution in [1.29, 1.82) is 0 Å². The molecule has 0 saturated carbocycles. The molecule has 1 aromatic carbocycles. The molecular weight excluding hydrogens is 365 g/mol. The molecule has 0 fully saturated rings. The predicted molar refractivity (Wildman–Crippen MR) is 91.1 cm³/mol. The first-order valence-corrected chi connectivity index (χ1v) is 8.44. The lowest BCUT2D eigenvalue weighted by atomic mass is 10.1. The summed E-state index contributed by atoms with van der Waals surface area (Å²) in [4.78, 5) is 19.0. The molecule has 4 aromatic rings. The maximum Gasteiger partial charge on any atom is 0.449 e. The van der Waals surface area contributed by atoms with Crippen LogP contribution in [0.4, 0.5) is 13.2 Å². The number of carbonyl (C=O) groups excluding carboxylic acids is 1. The number of nitrogens with zero attached hydrogens (tertiary/aromatic N) is 3. The van der Waals surface area contributed by atoms with E-state index in [-0.39, 0.29) is 16.9 Å². The number of imidazole rings is 1. The van der Waals surface area contributed by atoms with E-state index in [1.165, 1.54) is 22.1 Å². The Morgan fingerprint density at radius 2 is 2.04 bits per heavy atom. The Balaban J connectivity index is 1.83. The summed E-state index contributed by atoms with van der Waals surface area (Å²) in [5.74, 6) is -1.35. The predicted octanol–water partition coefficient (Wildman–Crippen LogP) is 4.50. The number of halogens is 3. The van der Waals surface area contributed by atoms with Crippen LogP contribution in [-0.4, -0.2) is 25.7 Å².